The van der Waals surface area contributed by atoms with Crippen molar-refractivity contribution >= 4 is 16.9 Å². The Balaban J connectivity index is 3.10. The maximum absolute atomic E-state index is 10.9. The number of nitrogens with two attached hydrogens (primary N) is 2. The van der Waals surface area contributed by atoms with Crippen molar-refractivity contribution in [3.05, 3.63) is 10.4 Å². The van der Waals surface area contributed by atoms with Crippen LogP contribution in [0.15, 0.2) is 4.79 Å². The summed E-state index contributed by atoms with van der Waals surface area (Å²) in [4.78, 5) is 12.0. The van der Waals surface area contributed by atoms with E-state index in [0.29, 0.717) is 11.0 Å². The highest BCUT2D eigenvalue weighted by Gasteiger charge is 2.10. The molecular weight excluding hydrogens is 148 g/mol. The van der Waals surface area contributed by atoms with Crippen molar-refractivity contribution in [3.8, 4) is 0 Å². The SMILES string of the molecule is Nc1n[nH]c2c(=O)[nH]n(N)c12. The molecule has 0 spiro atoms. The molecule has 2 rings (SSSR count). The number of H-pyrrole nitrogens is 2. The van der Waals surface area contributed by atoms with E-state index in [-0.39, 0.29) is 11.4 Å². The van der Waals surface area contributed by atoms with Crippen LogP contribution in [0.2, 0.25) is 0 Å². The van der Waals surface area contributed by atoms with Gasteiger partial charge in [-0.1, -0.05) is 0 Å². The first kappa shape index (κ1) is 5.83. The molecule has 0 saturated heterocycles. The lowest BCUT2D eigenvalue weighted by Gasteiger charge is -1.89. The number of nitrogen functional groups attached to an aromatic ring is 2. The van der Waals surface area contributed by atoms with Gasteiger partial charge in [0, 0.05) is 0 Å². The first-order valence-corrected chi connectivity index (χ1v) is 2.90. The van der Waals surface area contributed by atoms with E-state index in [1.165, 1.54) is 0 Å². The molecule has 0 amide bonds. The molecule has 0 aromatic carbocycles. The topological polar surface area (TPSA) is 119 Å². The van der Waals surface area contributed by atoms with Crippen LogP contribution < -0.4 is 17.1 Å². The molecule has 0 radical (unpaired) electrons. The van der Waals surface area contributed by atoms with Gasteiger partial charge in [-0.05, 0) is 0 Å². The fourth-order valence-corrected chi connectivity index (χ4v) is 0.973. The fraction of sp³-hybridized carbons (Fsp3) is 0. The molecule has 0 saturated carbocycles. The van der Waals surface area contributed by atoms with Crippen molar-refractivity contribution in [1.29, 1.82) is 0 Å². The van der Waals surface area contributed by atoms with Gasteiger partial charge in [0.05, 0.1) is 0 Å². The largest absolute Gasteiger partial charge is 0.380 e. The van der Waals surface area contributed by atoms with E-state index in [9.17, 15) is 4.79 Å². The molecule has 2 aromatic heterocycles. The second-order valence-corrected chi connectivity index (χ2v) is 2.14. The van der Waals surface area contributed by atoms with Gasteiger partial charge >= 0.3 is 0 Å². The average Bonchev–Trinajstić information content (AvgIpc) is 2.41. The summed E-state index contributed by atoms with van der Waals surface area (Å²) in [6, 6.07) is 0. The maximum Gasteiger partial charge on any atom is 0.291 e. The van der Waals surface area contributed by atoms with E-state index >= 15 is 0 Å². The summed E-state index contributed by atoms with van der Waals surface area (Å²) in [6.07, 6.45) is 0. The molecule has 0 fully saturated rings. The summed E-state index contributed by atoms with van der Waals surface area (Å²) >= 11 is 0. The summed E-state index contributed by atoms with van der Waals surface area (Å²) in [5.74, 6) is 5.55. The highest BCUT2D eigenvalue weighted by Crippen LogP contribution is 2.10. The van der Waals surface area contributed by atoms with Gasteiger partial charge in [-0.3, -0.25) is 9.89 Å². The van der Waals surface area contributed by atoms with E-state index < -0.39 is 0 Å². The third-order valence-corrected chi connectivity index (χ3v) is 1.46. The quantitative estimate of drug-likeness (QED) is 0.340. The molecule has 0 aliphatic heterocycles. The number of rotatable bonds is 0. The van der Waals surface area contributed by atoms with Crippen molar-refractivity contribution in [1.82, 2.24) is 20.1 Å². The Bertz CT molecular complexity index is 447. The Morgan fingerprint density at radius 2 is 2.27 bits per heavy atom. The van der Waals surface area contributed by atoms with E-state index in [2.05, 4.69) is 15.3 Å². The number of aromatic nitrogens is 4. The van der Waals surface area contributed by atoms with Gasteiger partial charge in [0.2, 0.25) is 0 Å². The number of nitrogens with one attached hydrogen (secondary N) is 2. The molecule has 2 heterocycles. The molecule has 0 bridgehead atoms. The van der Waals surface area contributed by atoms with Crippen molar-refractivity contribution in [2.75, 3.05) is 11.6 Å². The summed E-state index contributed by atoms with van der Waals surface area (Å²) in [6.45, 7) is 0. The number of hydrogen-bond donors (Lipinski definition) is 4. The number of nitrogens with zero attached hydrogens (tertiary/aromatic N) is 2. The smallest absolute Gasteiger partial charge is 0.291 e. The van der Waals surface area contributed by atoms with Gasteiger partial charge in [0.1, 0.15) is 0 Å². The summed E-state index contributed by atoms with van der Waals surface area (Å²) in [5, 5.41) is 8.39. The molecule has 58 valence electrons. The third kappa shape index (κ3) is 0.561. The van der Waals surface area contributed by atoms with Crippen LogP contribution >= 0.6 is 0 Å². The Morgan fingerprint density at radius 1 is 1.55 bits per heavy atom. The van der Waals surface area contributed by atoms with Gasteiger partial charge in [-0.2, -0.15) is 9.89 Å². The van der Waals surface area contributed by atoms with Crippen LogP contribution in [-0.4, -0.2) is 20.1 Å². The van der Waals surface area contributed by atoms with Gasteiger partial charge in [0.15, 0.2) is 16.9 Å². The third-order valence-electron chi connectivity index (χ3n) is 1.46. The predicted octanol–water partition coefficient (Wildman–Crippen LogP) is -1.65. The lowest BCUT2D eigenvalue weighted by molar-refractivity contribution is 0.843. The molecule has 6 N–H and O–H groups in total. The van der Waals surface area contributed by atoms with E-state index in [4.69, 9.17) is 11.6 Å². The molecule has 7 nitrogen and oxygen atoms in total. The molecular formula is C4H6N6O. The average molecular weight is 154 g/mol. The standard InChI is InChI=1S/C4H6N6O/c5-3-2-1(7-8-3)4(11)9-10(2)6/h6H2,(H,9,11)(H3,5,7,8). The first-order chi connectivity index (χ1) is 5.20. The normalized spacial score (nSPS) is 10.9. The van der Waals surface area contributed by atoms with Gasteiger partial charge in [-0.25, -0.2) is 5.10 Å². The van der Waals surface area contributed by atoms with Crippen molar-refractivity contribution in [2.24, 2.45) is 0 Å². The van der Waals surface area contributed by atoms with Crippen LogP contribution in [0.5, 0.6) is 0 Å². The lowest BCUT2D eigenvalue weighted by atomic mass is 10.5. The summed E-state index contributed by atoms with van der Waals surface area (Å²) in [7, 11) is 0. The molecule has 0 aliphatic carbocycles. The van der Waals surface area contributed by atoms with Crippen molar-refractivity contribution in [2.45, 2.75) is 0 Å². The van der Waals surface area contributed by atoms with Crippen molar-refractivity contribution < 1.29 is 0 Å². The minimum absolute atomic E-state index is 0.209. The van der Waals surface area contributed by atoms with Gasteiger partial charge < -0.3 is 11.6 Å². The zero-order valence-electron chi connectivity index (χ0n) is 5.46. The fourth-order valence-electron chi connectivity index (χ4n) is 0.973. The zero-order chi connectivity index (χ0) is 8.01. The van der Waals surface area contributed by atoms with Crippen LogP contribution in [-0.2, 0) is 0 Å². The van der Waals surface area contributed by atoms with Crippen molar-refractivity contribution in [3.63, 3.8) is 0 Å². The number of fused-ring (bicyclic) bond motifs is 1. The molecule has 0 unspecified atom stereocenters. The Morgan fingerprint density at radius 3 is 2.91 bits per heavy atom. The van der Waals surface area contributed by atoms with E-state index in [0.717, 1.165) is 4.79 Å². The Hall–Kier alpha value is -1.92. The second kappa shape index (κ2) is 1.57. The predicted molar refractivity (Wildman–Crippen MR) is 39.3 cm³/mol. The highest BCUT2D eigenvalue weighted by molar-refractivity contribution is 5.84. The maximum atomic E-state index is 10.9. The van der Waals surface area contributed by atoms with Crippen LogP contribution in [0, 0.1) is 0 Å². The molecule has 11 heavy (non-hydrogen) atoms. The van der Waals surface area contributed by atoms with Gasteiger partial charge in [-0.15, -0.1) is 0 Å². The van der Waals surface area contributed by atoms with Crippen LogP contribution in [0.3, 0.4) is 0 Å². The molecule has 7 heteroatoms. The summed E-state index contributed by atoms with van der Waals surface area (Å²) in [5.41, 5.74) is 5.76. The Kier molecular flexibility index (Phi) is 0.831. The van der Waals surface area contributed by atoms with Crippen LogP contribution in [0.25, 0.3) is 11.0 Å². The Labute approximate surface area is 59.9 Å². The highest BCUT2D eigenvalue weighted by atomic mass is 16.1. The van der Waals surface area contributed by atoms with E-state index in [1.54, 1.807) is 0 Å². The minimum atomic E-state index is -0.327. The van der Waals surface area contributed by atoms with Gasteiger partial charge in [0.25, 0.3) is 5.56 Å². The number of hydrogen-bond acceptors (Lipinski definition) is 4. The zero-order valence-corrected chi connectivity index (χ0v) is 5.46. The second-order valence-electron chi connectivity index (χ2n) is 2.14. The number of aromatic amines is 2. The minimum Gasteiger partial charge on any atom is -0.380 e. The summed E-state index contributed by atoms with van der Waals surface area (Å²) < 4.78 is 0. The lowest BCUT2D eigenvalue weighted by Crippen LogP contribution is -2.14. The molecule has 2 aromatic rings. The monoisotopic (exact) mass is 154 g/mol. The first-order valence-electron chi connectivity index (χ1n) is 2.90. The van der Waals surface area contributed by atoms with Crippen LogP contribution in [0.4, 0.5) is 5.82 Å². The van der Waals surface area contributed by atoms with Crippen LogP contribution in [0.1, 0.15) is 0 Å². The number of anilines is 1. The molecule has 0 atom stereocenters. The molecule has 0 aliphatic rings. The van der Waals surface area contributed by atoms with E-state index in [1.807, 2.05) is 0 Å².